The van der Waals surface area contributed by atoms with Gasteiger partial charge in [-0.25, -0.2) is 0 Å². The molecule has 0 saturated carbocycles. The lowest BCUT2D eigenvalue weighted by Gasteiger charge is -2.26. The van der Waals surface area contributed by atoms with E-state index in [4.69, 9.17) is 5.73 Å². The van der Waals surface area contributed by atoms with E-state index in [0.717, 1.165) is 25.3 Å². The Morgan fingerprint density at radius 1 is 1.36 bits per heavy atom. The van der Waals surface area contributed by atoms with Gasteiger partial charge in [0.25, 0.3) is 0 Å². The zero-order chi connectivity index (χ0) is 15.2. The molecule has 4 nitrogen and oxygen atoms in total. The fraction of sp³-hybridized carbons (Fsp3) is 0.562. The van der Waals surface area contributed by atoms with E-state index in [1.807, 2.05) is 43.8 Å². The third-order valence-electron chi connectivity index (χ3n) is 3.73. The molecule has 3 N–H and O–H groups in total. The molecular formula is C16H26ClN3OS. The molecule has 1 aromatic carbocycles. The molecule has 0 radical (unpaired) electrons. The second-order valence-electron chi connectivity index (χ2n) is 5.85. The van der Waals surface area contributed by atoms with Crippen LogP contribution in [0.4, 0.5) is 5.69 Å². The van der Waals surface area contributed by atoms with Gasteiger partial charge < -0.3 is 11.1 Å². The summed E-state index contributed by atoms with van der Waals surface area (Å²) in [5, 5.41) is 2.91. The van der Waals surface area contributed by atoms with E-state index in [2.05, 4.69) is 16.3 Å². The van der Waals surface area contributed by atoms with E-state index in [9.17, 15) is 4.79 Å². The van der Waals surface area contributed by atoms with Crippen molar-refractivity contribution < 1.29 is 4.79 Å². The first-order valence-electron chi connectivity index (χ1n) is 7.52. The van der Waals surface area contributed by atoms with Gasteiger partial charge in [-0.05, 0) is 23.6 Å². The van der Waals surface area contributed by atoms with E-state index in [1.165, 1.54) is 17.1 Å². The number of anilines is 1. The molecule has 1 heterocycles. The minimum Gasteiger partial charge on any atom is -0.325 e. The second kappa shape index (κ2) is 9.40. The molecule has 22 heavy (non-hydrogen) atoms. The van der Waals surface area contributed by atoms with Gasteiger partial charge >= 0.3 is 0 Å². The molecule has 1 atom stereocenters. The fourth-order valence-corrected chi connectivity index (χ4v) is 3.27. The number of amides is 1. The third-order valence-corrected chi connectivity index (χ3v) is 4.67. The minimum atomic E-state index is -0.465. The molecule has 1 aliphatic rings. The predicted molar refractivity (Wildman–Crippen MR) is 97.7 cm³/mol. The highest BCUT2D eigenvalue weighted by Crippen LogP contribution is 2.16. The van der Waals surface area contributed by atoms with Crippen molar-refractivity contribution in [3.63, 3.8) is 0 Å². The summed E-state index contributed by atoms with van der Waals surface area (Å²) in [6.07, 6.45) is 0. The molecule has 1 aromatic rings. The number of rotatable bonds is 5. The van der Waals surface area contributed by atoms with E-state index in [-0.39, 0.29) is 24.2 Å². The number of halogens is 1. The zero-order valence-electron chi connectivity index (χ0n) is 13.2. The van der Waals surface area contributed by atoms with Crippen LogP contribution in [-0.2, 0) is 11.3 Å². The number of carbonyl (C=O) groups is 1. The van der Waals surface area contributed by atoms with E-state index >= 15 is 0 Å². The SMILES string of the molecule is CC(C)[C@H](N)C(=O)Nc1cccc(CN2CCSCC2)c1.Cl. The van der Waals surface area contributed by atoms with Crippen molar-refractivity contribution in [2.45, 2.75) is 26.4 Å². The quantitative estimate of drug-likeness (QED) is 0.862. The predicted octanol–water partition coefficient (Wildman–Crippen LogP) is 2.58. The molecule has 2 rings (SSSR count). The first kappa shape index (κ1) is 19.3. The highest BCUT2D eigenvalue weighted by atomic mass is 35.5. The number of hydrogen-bond donors (Lipinski definition) is 2. The molecule has 124 valence electrons. The molecule has 0 aromatic heterocycles. The number of nitrogens with two attached hydrogens (primary N) is 1. The molecule has 6 heteroatoms. The van der Waals surface area contributed by atoms with Gasteiger partial charge in [0.1, 0.15) is 0 Å². The van der Waals surface area contributed by atoms with Gasteiger partial charge in [0.2, 0.25) is 5.91 Å². The Bertz CT molecular complexity index is 478. The fourth-order valence-electron chi connectivity index (χ4n) is 2.29. The summed E-state index contributed by atoms with van der Waals surface area (Å²) in [7, 11) is 0. The van der Waals surface area contributed by atoms with Gasteiger partial charge in [0, 0.05) is 36.8 Å². The lowest BCUT2D eigenvalue weighted by Crippen LogP contribution is -2.39. The lowest BCUT2D eigenvalue weighted by molar-refractivity contribution is -0.118. The van der Waals surface area contributed by atoms with E-state index in [1.54, 1.807) is 0 Å². The normalized spacial score (nSPS) is 16.9. The number of thioether (sulfide) groups is 1. The molecule has 1 saturated heterocycles. The van der Waals surface area contributed by atoms with Crippen molar-refractivity contribution in [1.82, 2.24) is 4.90 Å². The maximum absolute atomic E-state index is 12.0. The molecule has 0 unspecified atom stereocenters. The standard InChI is InChI=1S/C16H25N3OS.ClH/c1-12(2)15(17)16(20)18-14-5-3-4-13(10-14)11-19-6-8-21-9-7-19;/h3-5,10,12,15H,6-9,11,17H2,1-2H3,(H,18,20);1H/t15-;/m0./s1. The van der Waals surface area contributed by atoms with Crippen LogP contribution in [0.25, 0.3) is 0 Å². The maximum atomic E-state index is 12.0. The van der Waals surface area contributed by atoms with E-state index < -0.39 is 6.04 Å². The third kappa shape index (κ3) is 5.80. The summed E-state index contributed by atoms with van der Waals surface area (Å²) in [6.45, 7) is 7.13. The van der Waals surface area contributed by atoms with E-state index in [0.29, 0.717) is 0 Å². The Morgan fingerprint density at radius 3 is 2.68 bits per heavy atom. The Hall–Kier alpha value is -0.750. The van der Waals surface area contributed by atoms with Crippen molar-refractivity contribution in [3.05, 3.63) is 29.8 Å². The van der Waals surface area contributed by atoms with Crippen molar-refractivity contribution in [3.8, 4) is 0 Å². The van der Waals surface area contributed by atoms with Gasteiger partial charge in [-0.1, -0.05) is 26.0 Å². The largest absolute Gasteiger partial charge is 0.325 e. The topological polar surface area (TPSA) is 58.4 Å². The first-order chi connectivity index (χ1) is 10.1. The number of benzene rings is 1. The Morgan fingerprint density at radius 2 is 2.05 bits per heavy atom. The van der Waals surface area contributed by atoms with Gasteiger partial charge in [0.05, 0.1) is 6.04 Å². The smallest absolute Gasteiger partial charge is 0.241 e. The molecule has 1 aliphatic heterocycles. The summed E-state index contributed by atoms with van der Waals surface area (Å²) >= 11 is 2.01. The van der Waals surface area contributed by atoms with Crippen LogP contribution in [0.1, 0.15) is 19.4 Å². The van der Waals surface area contributed by atoms with Crippen LogP contribution < -0.4 is 11.1 Å². The molecule has 1 fully saturated rings. The van der Waals surface area contributed by atoms with Gasteiger partial charge in [-0.15, -0.1) is 12.4 Å². The average molecular weight is 344 g/mol. The zero-order valence-corrected chi connectivity index (χ0v) is 14.9. The van der Waals surface area contributed by atoms with Gasteiger partial charge in [-0.3, -0.25) is 9.69 Å². The molecular weight excluding hydrogens is 318 g/mol. The summed E-state index contributed by atoms with van der Waals surface area (Å²) in [5.41, 5.74) is 7.94. The summed E-state index contributed by atoms with van der Waals surface area (Å²) in [4.78, 5) is 14.5. The highest BCUT2D eigenvalue weighted by molar-refractivity contribution is 7.99. The van der Waals surface area contributed by atoms with Gasteiger partial charge in [-0.2, -0.15) is 11.8 Å². The van der Waals surface area contributed by atoms with Crippen molar-refractivity contribution >= 4 is 35.8 Å². The van der Waals surface area contributed by atoms with Crippen LogP contribution in [0, 0.1) is 5.92 Å². The van der Waals surface area contributed by atoms with Crippen molar-refractivity contribution in [2.24, 2.45) is 11.7 Å². The summed E-state index contributed by atoms with van der Waals surface area (Å²) in [6, 6.07) is 7.60. The highest BCUT2D eigenvalue weighted by Gasteiger charge is 2.17. The maximum Gasteiger partial charge on any atom is 0.241 e. The van der Waals surface area contributed by atoms with Crippen LogP contribution in [0.15, 0.2) is 24.3 Å². The van der Waals surface area contributed by atoms with Crippen LogP contribution in [0.5, 0.6) is 0 Å². The molecule has 1 amide bonds. The monoisotopic (exact) mass is 343 g/mol. The summed E-state index contributed by atoms with van der Waals surface area (Å²) < 4.78 is 0. The van der Waals surface area contributed by atoms with Crippen LogP contribution in [0.2, 0.25) is 0 Å². The number of hydrogen-bond acceptors (Lipinski definition) is 4. The molecule has 0 bridgehead atoms. The Labute approximate surface area is 143 Å². The van der Waals surface area contributed by atoms with Crippen molar-refractivity contribution in [2.75, 3.05) is 29.9 Å². The number of nitrogens with one attached hydrogen (secondary N) is 1. The lowest BCUT2D eigenvalue weighted by atomic mass is 10.0. The van der Waals surface area contributed by atoms with Crippen LogP contribution in [0.3, 0.4) is 0 Å². The minimum absolute atomic E-state index is 0. The van der Waals surface area contributed by atoms with Crippen LogP contribution in [-0.4, -0.2) is 41.4 Å². The Balaban J connectivity index is 0.00000242. The number of carbonyl (C=O) groups excluding carboxylic acids is 1. The average Bonchev–Trinajstić information content (AvgIpc) is 2.47. The molecule has 0 aliphatic carbocycles. The number of nitrogens with zero attached hydrogens (tertiary/aromatic N) is 1. The summed E-state index contributed by atoms with van der Waals surface area (Å²) in [5.74, 6) is 2.44. The molecule has 0 spiro atoms. The Kier molecular flexibility index (Phi) is 8.25. The van der Waals surface area contributed by atoms with Crippen LogP contribution >= 0.6 is 24.2 Å². The van der Waals surface area contributed by atoms with Crippen molar-refractivity contribution in [1.29, 1.82) is 0 Å². The first-order valence-corrected chi connectivity index (χ1v) is 8.67. The van der Waals surface area contributed by atoms with Gasteiger partial charge in [0.15, 0.2) is 0 Å². The second-order valence-corrected chi connectivity index (χ2v) is 7.07.